The highest BCUT2D eigenvalue weighted by Gasteiger charge is 2.45. The Balaban J connectivity index is 1.48. The summed E-state index contributed by atoms with van der Waals surface area (Å²) < 4.78 is 36.3. The fraction of sp³-hybridized carbons (Fsp3) is 0.400. The van der Waals surface area contributed by atoms with Crippen molar-refractivity contribution in [3.05, 3.63) is 46.4 Å². The van der Waals surface area contributed by atoms with E-state index in [1.807, 2.05) is 0 Å². The number of nitrogen functional groups attached to an aromatic ring is 1. The highest BCUT2D eigenvalue weighted by atomic mass is 35.5. The smallest absolute Gasteiger partial charge is 0.154 e. The predicted molar refractivity (Wildman–Crippen MR) is 109 cm³/mol. The number of ether oxygens (including phenoxy) is 1. The SMILES string of the molecule is Nc1ncnc2c1c(F)cn2C1CC(Oc2cc(Cl)c(F)c3c2CNCC3)C(O)[C@H]1O. The molecule has 1 aliphatic carbocycles. The second-order valence-corrected chi connectivity index (χ2v) is 8.24. The molecule has 2 aromatic heterocycles. The van der Waals surface area contributed by atoms with Gasteiger partial charge in [-0.25, -0.2) is 18.7 Å². The second kappa shape index (κ2) is 7.56. The van der Waals surface area contributed by atoms with Gasteiger partial charge in [0.05, 0.1) is 16.5 Å². The van der Waals surface area contributed by atoms with E-state index in [1.165, 1.54) is 23.2 Å². The normalized spacial score (nSPS) is 25.7. The number of nitrogens with two attached hydrogens (primary N) is 1. The Hall–Kier alpha value is -2.53. The van der Waals surface area contributed by atoms with E-state index in [0.717, 1.165) is 0 Å². The number of hydrogen-bond donors (Lipinski definition) is 4. The Bertz CT molecular complexity index is 1170. The average Bonchev–Trinajstić information content (AvgIpc) is 3.24. The van der Waals surface area contributed by atoms with Crippen molar-refractivity contribution in [2.24, 2.45) is 0 Å². The van der Waals surface area contributed by atoms with Crippen molar-refractivity contribution >= 4 is 28.5 Å². The van der Waals surface area contributed by atoms with Crippen molar-refractivity contribution in [2.45, 2.75) is 43.7 Å². The molecule has 3 aromatic rings. The number of benzene rings is 1. The molecule has 5 N–H and O–H groups in total. The lowest BCUT2D eigenvalue weighted by Crippen LogP contribution is -2.35. The van der Waals surface area contributed by atoms with Gasteiger partial charge in [0.15, 0.2) is 5.82 Å². The topological polar surface area (TPSA) is 118 Å². The predicted octanol–water partition coefficient (Wildman–Crippen LogP) is 1.70. The van der Waals surface area contributed by atoms with Crippen LogP contribution < -0.4 is 15.8 Å². The van der Waals surface area contributed by atoms with Crippen LogP contribution in [-0.2, 0) is 13.0 Å². The zero-order valence-electron chi connectivity index (χ0n) is 16.2. The molecule has 164 valence electrons. The maximum Gasteiger partial charge on any atom is 0.154 e. The maximum atomic E-state index is 14.4. The molecule has 3 heterocycles. The van der Waals surface area contributed by atoms with Gasteiger partial charge in [0.1, 0.15) is 47.7 Å². The molecule has 1 aromatic carbocycles. The van der Waals surface area contributed by atoms with E-state index in [4.69, 9.17) is 22.1 Å². The highest BCUT2D eigenvalue weighted by molar-refractivity contribution is 6.31. The Morgan fingerprint density at radius 3 is 2.84 bits per heavy atom. The molecule has 4 atom stereocenters. The quantitative estimate of drug-likeness (QED) is 0.478. The van der Waals surface area contributed by atoms with Gasteiger partial charge in [0.25, 0.3) is 0 Å². The number of hydrogen-bond acceptors (Lipinski definition) is 7. The van der Waals surface area contributed by atoms with E-state index >= 15 is 0 Å². The van der Waals surface area contributed by atoms with Gasteiger partial charge in [-0.15, -0.1) is 0 Å². The fourth-order valence-electron chi connectivity index (χ4n) is 4.52. The Kier molecular flexibility index (Phi) is 4.97. The first-order chi connectivity index (χ1) is 14.9. The molecule has 0 spiro atoms. The third-order valence-corrected chi connectivity index (χ3v) is 6.35. The van der Waals surface area contributed by atoms with Crippen LogP contribution >= 0.6 is 11.6 Å². The molecule has 1 saturated carbocycles. The van der Waals surface area contributed by atoms with Crippen LogP contribution in [0, 0.1) is 11.6 Å². The van der Waals surface area contributed by atoms with Gasteiger partial charge in [-0.2, -0.15) is 0 Å². The first-order valence-electron chi connectivity index (χ1n) is 9.86. The van der Waals surface area contributed by atoms with Gasteiger partial charge in [-0.05, 0) is 18.5 Å². The molecule has 11 heteroatoms. The molecule has 1 aliphatic heterocycles. The van der Waals surface area contributed by atoms with Crippen LogP contribution in [0.5, 0.6) is 5.75 Å². The largest absolute Gasteiger partial charge is 0.487 e. The number of nitrogens with zero attached hydrogens (tertiary/aromatic N) is 3. The first kappa shape index (κ1) is 20.4. The van der Waals surface area contributed by atoms with E-state index in [-0.39, 0.29) is 28.3 Å². The summed E-state index contributed by atoms with van der Waals surface area (Å²) in [5, 5.41) is 24.5. The van der Waals surface area contributed by atoms with Gasteiger partial charge in [-0.1, -0.05) is 11.6 Å². The highest BCUT2D eigenvalue weighted by Crippen LogP contribution is 2.39. The summed E-state index contributed by atoms with van der Waals surface area (Å²) in [6, 6.07) is 0.666. The number of nitrogens with one attached hydrogen (secondary N) is 1. The molecule has 8 nitrogen and oxygen atoms in total. The van der Waals surface area contributed by atoms with Gasteiger partial charge in [0.2, 0.25) is 0 Å². The van der Waals surface area contributed by atoms with Crippen LogP contribution in [0.4, 0.5) is 14.6 Å². The van der Waals surface area contributed by atoms with Gasteiger partial charge < -0.3 is 30.6 Å². The summed E-state index contributed by atoms with van der Waals surface area (Å²) in [4.78, 5) is 7.88. The van der Waals surface area contributed by atoms with Crippen LogP contribution in [-0.4, -0.2) is 49.6 Å². The minimum Gasteiger partial charge on any atom is -0.487 e. The van der Waals surface area contributed by atoms with Crippen LogP contribution in [0.2, 0.25) is 5.02 Å². The van der Waals surface area contributed by atoms with Crippen LogP contribution in [0.25, 0.3) is 11.0 Å². The van der Waals surface area contributed by atoms with Gasteiger partial charge >= 0.3 is 0 Å². The number of fused-ring (bicyclic) bond motifs is 2. The van der Waals surface area contributed by atoms with E-state index in [2.05, 4.69) is 15.3 Å². The monoisotopic (exact) mass is 451 g/mol. The zero-order valence-corrected chi connectivity index (χ0v) is 17.0. The Morgan fingerprint density at radius 2 is 2.03 bits per heavy atom. The molecular weight excluding hydrogens is 432 g/mol. The van der Waals surface area contributed by atoms with Crippen LogP contribution in [0.3, 0.4) is 0 Å². The van der Waals surface area contributed by atoms with Crippen molar-refractivity contribution in [1.29, 1.82) is 0 Å². The van der Waals surface area contributed by atoms with Gasteiger partial charge in [-0.3, -0.25) is 0 Å². The lowest BCUT2D eigenvalue weighted by molar-refractivity contribution is -0.0167. The molecule has 31 heavy (non-hydrogen) atoms. The van der Waals surface area contributed by atoms with Crippen LogP contribution in [0.1, 0.15) is 23.6 Å². The molecule has 0 radical (unpaired) electrons. The van der Waals surface area contributed by atoms with Crippen molar-refractivity contribution in [3.8, 4) is 5.75 Å². The number of aromatic nitrogens is 3. The van der Waals surface area contributed by atoms with Crippen LogP contribution in [0.15, 0.2) is 18.6 Å². The minimum absolute atomic E-state index is 0.0119. The minimum atomic E-state index is -1.26. The summed E-state index contributed by atoms with van der Waals surface area (Å²) in [7, 11) is 0. The summed E-state index contributed by atoms with van der Waals surface area (Å²) in [6.45, 7) is 1.02. The maximum absolute atomic E-state index is 14.4. The molecule has 0 amide bonds. The average molecular weight is 452 g/mol. The van der Waals surface area contributed by atoms with Gasteiger partial charge in [0, 0.05) is 30.8 Å². The molecule has 3 unspecified atom stereocenters. The standard InChI is InChI=1S/C20H20ClF2N5O3/c21-10-3-13(9-5-25-2-1-8(9)16(10)23)31-14-4-12(17(29)18(14)30)28-6-11(22)15-19(24)26-7-27-20(15)28/h3,6-7,12,14,17-18,25,29-30H,1-2,4-5H2,(H2,24,26,27)/t12?,14?,17-,18?/m0/s1. The summed E-state index contributed by atoms with van der Waals surface area (Å²) >= 11 is 6.05. The summed E-state index contributed by atoms with van der Waals surface area (Å²) in [5.74, 6) is -0.755. The summed E-state index contributed by atoms with van der Waals surface area (Å²) in [6.07, 6.45) is -0.328. The number of aliphatic hydroxyl groups is 2. The Morgan fingerprint density at radius 1 is 1.23 bits per heavy atom. The molecule has 2 aliphatic rings. The lowest BCUT2D eigenvalue weighted by atomic mass is 9.99. The number of anilines is 1. The fourth-order valence-corrected chi connectivity index (χ4v) is 4.73. The number of rotatable bonds is 3. The first-order valence-corrected chi connectivity index (χ1v) is 10.2. The van der Waals surface area contributed by atoms with Crippen molar-refractivity contribution < 1.29 is 23.7 Å². The lowest BCUT2D eigenvalue weighted by Gasteiger charge is -2.25. The zero-order chi connectivity index (χ0) is 21.9. The van der Waals surface area contributed by atoms with E-state index in [1.54, 1.807) is 0 Å². The molecule has 0 saturated heterocycles. The van der Waals surface area contributed by atoms with Crippen molar-refractivity contribution in [2.75, 3.05) is 12.3 Å². The molecule has 0 bridgehead atoms. The van der Waals surface area contributed by atoms with Crippen molar-refractivity contribution in [3.63, 3.8) is 0 Å². The van der Waals surface area contributed by atoms with E-state index in [9.17, 15) is 19.0 Å². The second-order valence-electron chi connectivity index (χ2n) is 7.84. The number of aliphatic hydroxyl groups excluding tert-OH is 2. The third-order valence-electron chi connectivity index (χ3n) is 6.07. The third kappa shape index (κ3) is 3.21. The van der Waals surface area contributed by atoms with E-state index in [0.29, 0.717) is 36.4 Å². The molecular formula is C20H20ClF2N5O3. The molecule has 1 fully saturated rings. The summed E-state index contributed by atoms with van der Waals surface area (Å²) in [5.41, 5.74) is 7.10. The molecule has 5 rings (SSSR count). The Labute approximate surface area is 180 Å². The van der Waals surface area contributed by atoms with E-state index < -0.39 is 36.0 Å². The number of halogens is 3. The van der Waals surface area contributed by atoms with Crippen molar-refractivity contribution in [1.82, 2.24) is 19.9 Å².